The molecule has 150 valence electrons. The number of hydrogen-bond acceptors (Lipinski definition) is 4. The molecule has 6 nitrogen and oxygen atoms in total. The molecule has 0 radical (unpaired) electrons. The minimum atomic E-state index is -0.114. The normalized spacial score (nSPS) is 14.4. The van der Waals surface area contributed by atoms with Crippen molar-refractivity contribution >= 4 is 17.4 Å². The summed E-state index contributed by atoms with van der Waals surface area (Å²) in [4.78, 5) is 17.4. The van der Waals surface area contributed by atoms with Crippen LogP contribution < -0.4 is 10.6 Å². The van der Waals surface area contributed by atoms with Crippen molar-refractivity contribution in [3.8, 4) is 0 Å². The molecule has 0 saturated heterocycles. The molecule has 1 amide bonds. The smallest absolute Gasteiger partial charge is 0.257 e. The van der Waals surface area contributed by atoms with Gasteiger partial charge >= 0.3 is 0 Å². The molecule has 1 atom stereocenters. The summed E-state index contributed by atoms with van der Waals surface area (Å²) in [5.74, 6) is 1.34. The Hall–Kier alpha value is -3.15. The van der Waals surface area contributed by atoms with E-state index in [-0.39, 0.29) is 5.91 Å². The van der Waals surface area contributed by atoms with E-state index in [1.807, 2.05) is 61.1 Å². The monoisotopic (exact) mass is 389 g/mol. The Kier molecular flexibility index (Phi) is 5.34. The van der Waals surface area contributed by atoms with E-state index in [1.165, 1.54) is 12.8 Å². The molecule has 6 heteroatoms. The van der Waals surface area contributed by atoms with E-state index in [2.05, 4.69) is 27.6 Å². The van der Waals surface area contributed by atoms with E-state index in [0.717, 1.165) is 28.3 Å². The molecule has 1 unspecified atom stereocenters. The Morgan fingerprint density at radius 2 is 2.03 bits per heavy atom. The molecule has 2 N–H and O–H groups in total. The summed E-state index contributed by atoms with van der Waals surface area (Å²) in [6, 6.07) is 11.9. The van der Waals surface area contributed by atoms with E-state index < -0.39 is 0 Å². The number of amides is 1. The minimum Gasteiger partial charge on any atom is -0.379 e. The van der Waals surface area contributed by atoms with E-state index in [0.29, 0.717) is 24.1 Å². The van der Waals surface area contributed by atoms with E-state index in [9.17, 15) is 4.79 Å². The third-order valence-electron chi connectivity index (χ3n) is 5.66. The molecule has 1 aromatic carbocycles. The van der Waals surface area contributed by atoms with Crippen LogP contribution in [-0.4, -0.2) is 20.7 Å². The molecule has 2 heterocycles. The van der Waals surface area contributed by atoms with Crippen LogP contribution in [0.25, 0.3) is 0 Å². The number of nitrogens with zero attached hydrogens (tertiary/aromatic N) is 3. The highest BCUT2D eigenvalue weighted by atomic mass is 16.1. The maximum absolute atomic E-state index is 13.1. The average molecular weight is 390 g/mol. The summed E-state index contributed by atoms with van der Waals surface area (Å²) in [5, 5.41) is 11.0. The summed E-state index contributed by atoms with van der Waals surface area (Å²) in [6.07, 6.45) is 6.07. The summed E-state index contributed by atoms with van der Waals surface area (Å²) in [6.45, 7) is 6.73. The second kappa shape index (κ2) is 8.07. The Morgan fingerprint density at radius 1 is 1.21 bits per heavy atom. The van der Waals surface area contributed by atoms with Crippen LogP contribution in [-0.2, 0) is 6.54 Å². The first-order valence-electron chi connectivity index (χ1n) is 10.1. The molecule has 3 aromatic rings. The zero-order valence-corrected chi connectivity index (χ0v) is 17.1. The molecule has 29 heavy (non-hydrogen) atoms. The highest BCUT2D eigenvalue weighted by Crippen LogP contribution is 2.40. The number of anilines is 2. The minimum absolute atomic E-state index is 0.114. The van der Waals surface area contributed by atoms with Crippen molar-refractivity contribution in [3.63, 3.8) is 0 Å². The fraction of sp³-hybridized carbons (Fsp3) is 0.348. The van der Waals surface area contributed by atoms with Crippen molar-refractivity contribution < 1.29 is 4.79 Å². The highest BCUT2D eigenvalue weighted by Gasteiger charge is 2.31. The third kappa shape index (κ3) is 4.16. The number of nitrogens with one attached hydrogen (secondary N) is 2. The molecule has 4 rings (SSSR count). The Morgan fingerprint density at radius 3 is 2.76 bits per heavy atom. The third-order valence-corrected chi connectivity index (χ3v) is 5.66. The van der Waals surface area contributed by atoms with E-state index in [4.69, 9.17) is 0 Å². The van der Waals surface area contributed by atoms with E-state index >= 15 is 0 Å². The molecular weight excluding hydrogens is 362 g/mol. The number of carbonyl (C=O) groups excluding carboxylic acids is 1. The van der Waals surface area contributed by atoms with Crippen molar-refractivity contribution in [3.05, 3.63) is 71.2 Å². The van der Waals surface area contributed by atoms with Gasteiger partial charge in [-0.1, -0.05) is 12.1 Å². The van der Waals surface area contributed by atoms with Crippen molar-refractivity contribution in [2.24, 2.45) is 5.92 Å². The van der Waals surface area contributed by atoms with E-state index in [1.54, 1.807) is 6.20 Å². The zero-order valence-electron chi connectivity index (χ0n) is 17.1. The maximum atomic E-state index is 13.1. The number of aromatic nitrogens is 3. The van der Waals surface area contributed by atoms with Gasteiger partial charge in [0.1, 0.15) is 5.82 Å². The van der Waals surface area contributed by atoms with Gasteiger partial charge in [-0.2, -0.15) is 5.10 Å². The molecule has 1 aliphatic rings. The first-order chi connectivity index (χ1) is 14.0. The van der Waals surface area contributed by atoms with Gasteiger partial charge in [0, 0.05) is 23.0 Å². The second-order valence-electron chi connectivity index (χ2n) is 7.81. The number of hydrogen-bond donors (Lipinski definition) is 2. The number of aryl methyl sites for hydroxylation is 1. The standard InChI is InChI=1S/C23H27N5O/c1-15-13-26-28(17(3)18-10-11-18)22(15)27-23(29)20-8-6-9-21(16(20)2)25-14-19-7-4-5-12-24-19/h4-9,12-13,17-18,25H,10-11,14H2,1-3H3,(H,27,29). The summed E-state index contributed by atoms with van der Waals surface area (Å²) < 4.78 is 1.96. The first-order valence-corrected chi connectivity index (χ1v) is 10.1. The van der Waals surface area contributed by atoms with Crippen LogP contribution in [0.15, 0.2) is 48.8 Å². The van der Waals surface area contributed by atoms with Crippen molar-refractivity contribution in [2.45, 2.75) is 46.2 Å². The average Bonchev–Trinajstić information content (AvgIpc) is 3.52. The fourth-order valence-corrected chi connectivity index (χ4v) is 3.63. The lowest BCUT2D eigenvalue weighted by Gasteiger charge is -2.17. The number of benzene rings is 1. The molecule has 0 bridgehead atoms. The van der Waals surface area contributed by atoms with Crippen molar-refractivity contribution in [1.29, 1.82) is 0 Å². The maximum Gasteiger partial charge on any atom is 0.257 e. The van der Waals surface area contributed by atoms with Gasteiger partial charge in [0.05, 0.1) is 24.5 Å². The number of rotatable bonds is 7. The van der Waals surface area contributed by atoms with Crippen LogP contribution in [0.1, 0.15) is 53.0 Å². The van der Waals surface area contributed by atoms with Gasteiger partial charge in [0.2, 0.25) is 0 Å². The van der Waals surface area contributed by atoms with Crippen LogP contribution in [0.5, 0.6) is 0 Å². The van der Waals surface area contributed by atoms with Gasteiger partial charge in [-0.05, 0) is 69.4 Å². The van der Waals surface area contributed by atoms with Gasteiger partial charge in [0.15, 0.2) is 0 Å². The summed E-state index contributed by atoms with van der Waals surface area (Å²) in [7, 11) is 0. The topological polar surface area (TPSA) is 71.8 Å². The number of carbonyl (C=O) groups is 1. The van der Waals surface area contributed by atoms with Crippen molar-refractivity contribution in [1.82, 2.24) is 14.8 Å². The largest absolute Gasteiger partial charge is 0.379 e. The van der Waals surface area contributed by atoms with Crippen LogP contribution in [0.4, 0.5) is 11.5 Å². The lowest BCUT2D eigenvalue weighted by atomic mass is 10.1. The van der Waals surface area contributed by atoms with Crippen LogP contribution >= 0.6 is 0 Å². The highest BCUT2D eigenvalue weighted by molar-refractivity contribution is 6.06. The molecule has 2 aromatic heterocycles. The Labute approximate surface area is 171 Å². The molecule has 0 spiro atoms. The molecule has 0 aliphatic heterocycles. The van der Waals surface area contributed by atoms with Gasteiger partial charge in [0.25, 0.3) is 5.91 Å². The molecular formula is C23H27N5O. The van der Waals surface area contributed by atoms with Gasteiger partial charge in [-0.3, -0.25) is 9.78 Å². The first kappa shape index (κ1) is 19.2. The quantitative estimate of drug-likeness (QED) is 0.613. The van der Waals surface area contributed by atoms with Crippen LogP contribution in [0, 0.1) is 19.8 Å². The lowest BCUT2D eigenvalue weighted by molar-refractivity contribution is 0.102. The molecule has 1 fully saturated rings. The Bertz CT molecular complexity index is 1010. The lowest BCUT2D eigenvalue weighted by Crippen LogP contribution is -2.20. The predicted octanol–water partition coefficient (Wildman–Crippen LogP) is 4.73. The summed E-state index contributed by atoms with van der Waals surface area (Å²) >= 11 is 0. The predicted molar refractivity (Wildman–Crippen MR) is 115 cm³/mol. The van der Waals surface area contributed by atoms with Crippen LogP contribution in [0.3, 0.4) is 0 Å². The summed E-state index contributed by atoms with van der Waals surface area (Å²) in [5.41, 5.74) is 4.44. The Balaban J connectivity index is 1.51. The fourth-order valence-electron chi connectivity index (χ4n) is 3.63. The molecule has 1 saturated carbocycles. The number of pyridine rings is 1. The second-order valence-corrected chi connectivity index (χ2v) is 7.81. The van der Waals surface area contributed by atoms with Crippen molar-refractivity contribution in [2.75, 3.05) is 10.6 Å². The molecule has 1 aliphatic carbocycles. The SMILES string of the molecule is Cc1cnn(C(C)C2CC2)c1NC(=O)c1cccc(NCc2ccccn2)c1C. The van der Waals surface area contributed by atoms with Gasteiger partial charge in [-0.25, -0.2) is 4.68 Å². The zero-order chi connectivity index (χ0) is 20.4. The van der Waals surface area contributed by atoms with Gasteiger partial charge < -0.3 is 10.6 Å². The van der Waals surface area contributed by atoms with Gasteiger partial charge in [-0.15, -0.1) is 0 Å². The van der Waals surface area contributed by atoms with Crippen LogP contribution in [0.2, 0.25) is 0 Å².